The van der Waals surface area contributed by atoms with Gasteiger partial charge in [-0.15, -0.1) is 11.8 Å². The number of aryl methyl sites for hydroxylation is 1. The number of aromatic nitrogens is 2. The van der Waals surface area contributed by atoms with E-state index in [0.29, 0.717) is 23.0 Å². The number of hydrogen-bond acceptors (Lipinski definition) is 7. The van der Waals surface area contributed by atoms with Crippen LogP contribution in [0.4, 0.5) is 11.4 Å². The summed E-state index contributed by atoms with van der Waals surface area (Å²) in [5, 5.41) is 17.6. The number of non-ortho nitro benzene ring substituents is 1. The van der Waals surface area contributed by atoms with Crippen molar-refractivity contribution >= 4 is 29.0 Å². The van der Waals surface area contributed by atoms with Crippen LogP contribution in [0.2, 0.25) is 0 Å². The van der Waals surface area contributed by atoms with Crippen molar-refractivity contribution in [2.75, 3.05) is 11.1 Å². The van der Waals surface area contributed by atoms with E-state index in [1.165, 1.54) is 23.9 Å². The van der Waals surface area contributed by atoms with Crippen LogP contribution in [0, 0.1) is 17.0 Å². The molecule has 0 saturated heterocycles. The summed E-state index contributed by atoms with van der Waals surface area (Å²) in [5.74, 6) is 1.05. The van der Waals surface area contributed by atoms with E-state index in [2.05, 4.69) is 15.5 Å². The van der Waals surface area contributed by atoms with Crippen LogP contribution >= 0.6 is 11.8 Å². The van der Waals surface area contributed by atoms with E-state index in [9.17, 15) is 14.9 Å². The number of anilines is 1. The smallest absolute Gasteiger partial charge is 0.269 e. The lowest BCUT2D eigenvalue weighted by molar-refractivity contribution is -0.384. The van der Waals surface area contributed by atoms with Crippen LogP contribution in [0.5, 0.6) is 0 Å². The van der Waals surface area contributed by atoms with Crippen LogP contribution < -0.4 is 5.32 Å². The maximum atomic E-state index is 12.5. The molecule has 1 amide bonds. The molecule has 0 unspecified atom stereocenters. The molecule has 0 spiro atoms. The normalized spacial score (nSPS) is 10.9. The number of carbonyl (C=O) groups excluding carboxylic acids is 1. The Hall–Kier alpha value is -3.20. The predicted molar refractivity (Wildman–Crippen MR) is 111 cm³/mol. The first kappa shape index (κ1) is 20.5. The van der Waals surface area contributed by atoms with Crippen LogP contribution in [-0.2, 0) is 4.79 Å². The van der Waals surface area contributed by atoms with Crippen molar-refractivity contribution < 1.29 is 14.2 Å². The molecule has 0 bridgehead atoms. The number of hydrogen-bond donors (Lipinski definition) is 1. The van der Waals surface area contributed by atoms with Crippen molar-refractivity contribution in [3.63, 3.8) is 0 Å². The summed E-state index contributed by atoms with van der Waals surface area (Å²) >= 11 is 1.30. The van der Waals surface area contributed by atoms with Gasteiger partial charge in [0.05, 0.1) is 21.9 Å². The number of para-hydroxylation sites is 1. The minimum atomic E-state index is -0.455. The first-order valence-electron chi connectivity index (χ1n) is 8.96. The number of nitro benzene ring substituents is 1. The van der Waals surface area contributed by atoms with E-state index < -0.39 is 4.92 Å². The second-order valence-corrected chi connectivity index (χ2v) is 7.75. The van der Waals surface area contributed by atoms with E-state index in [1.807, 2.05) is 39.0 Å². The van der Waals surface area contributed by atoms with E-state index in [4.69, 9.17) is 4.52 Å². The Morgan fingerprint density at radius 1 is 1.24 bits per heavy atom. The number of thioether (sulfide) groups is 1. The molecule has 29 heavy (non-hydrogen) atoms. The summed E-state index contributed by atoms with van der Waals surface area (Å²) in [4.78, 5) is 28.0. The Kier molecular flexibility index (Phi) is 6.28. The highest BCUT2D eigenvalue weighted by atomic mass is 32.2. The van der Waals surface area contributed by atoms with Gasteiger partial charge in [0.15, 0.2) is 5.82 Å². The molecule has 1 N–H and O–H groups in total. The highest BCUT2D eigenvalue weighted by Gasteiger charge is 2.18. The summed E-state index contributed by atoms with van der Waals surface area (Å²) in [7, 11) is 0. The Morgan fingerprint density at radius 2 is 1.97 bits per heavy atom. The average Bonchev–Trinajstić information content (AvgIpc) is 3.18. The summed E-state index contributed by atoms with van der Waals surface area (Å²) < 4.78 is 5.38. The van der Waals surface area contributed by atoms with Crippen LogP contribution in [0.1, 0.15) is 31.2 Å². The minimum Gasteiger partial charge on any atom is -0.334 e. The first-order chi connectivity index (χ1) is 13.8. The molecule has 0 saturated carbocycles. The quantitative estimate of drug-likeness (QED) is 0.337. The fraction of sp³-hybridized carbons (Fsp3) is 0.250. The largest absolute Gasteiger partial charge is 0.334 e. The molecule has 0 atom stereocenters. The highest BCUT2D eigenvalue weighted by molar-refractivity contribution is 8.00. The number of carbonyl (C=O) groups is 1. The topological polar surface area (TPSA) is 111 Å². The molecule has 0 aliphatic heterocycles. The fourth-order valence-electron chi connectivity index (χ4n) is 2.58. The van der Waals surface area contributed by atoms with Gasteiger partial charge in [-0.3, -0.25) is 14.9 Å². The summed E-state index contributed by atoms with van der Waals surface area (Å²) in [5.41, 5.74) is 2.18. The molecule has 3 aromatic rings. The molecule has 0 aliphatic carbocycles. The third-order valence-corrected chi connectivity index (χ3v) is 5.16. The van der Waals surface area contributed by atoms with Crippen LogP contribution in [0.25, 0.3) is 11.5 Å². The zero-order chi connectivity index (χ0) is 21.0. The van der Waals surface area contributed by atoms with Gasteiger partial charge in [-0.1, -0.05) is 31.1 Å². The number of nitrogens with one attached hydrogen (secondary N) is 1. The Morgan fingerprint density at radius 3 is 2.59 bits per heavy atom. The SMILES string of the molecule is Cc1cccc(-c2nc(C(C)C)no2)c1NC(=O)CSc1ccc([N+](=O)[O-])cc1. The summed E-state index contributed by atoms with van der Waals surface area (Å²) in [6.45, 7) is 5.84. The lowest BCUT2D eigenvalue weighted by atomic mass is 10.1. The Balaban J connectivity index is 1.72. The van der Waals surface area contributed by atoms with Gasteiger partial charge >= 0.3 is 0 Å². The number of nitro groups is 1. The van der Waals surface area contributed by atoms with Crippen molar-refractivity contribution in [2.24, 2.45) is 0 Å². The molecule has 2 aromatic carbocycles. The van der Waals surface area contributed by atoms with E-state index in [0.717, 1.165) is 10.5 Å². The highest BCUT2D eigenvalue weighted by Crippen LogP contribution is 2.31. The monoisotopic (exact) mass is 412 g/mol. The average molecular weight is 412 g/mol. The van der Waals surface area contributed by atoms with E-state index >= 15 is 0 Å². The molecule has 0 aliphatic rings. The number of nitrogens with zero attached hydrogens (tertiary/aromatic N) is 3. The minimum absolute atomic E-state index is 0.0173. The molecule has 0 radical (unpaired) electrons. The van der Waals surface area contributed by atoms with Crippen molar-refractivity contribution in [2.45, 2.75) is 31.6 Å². The van der Waals surface area contributed by atoms with E-state index in [-0.39, 0.29) is 23.3 Å². The molecular weight excluding hydrogens is 392 g/mol. The van der Waals surface area contributed by atoms with Gasteiger partial charge in [-0.2, -0.15) is 4.98 Å². The molecule has 9 heteroatoms. The van der Waals surface area contributed by atoms with Crippen molar-refractivity contribution in [3.8, 4) is 11.5 Å². The molecule has 3 rings (SSSR count). The van der Waals surface area contributed by atoms with Gasteiger partial charge in [0.2, 0.25) is 5.91 Å². The Bertz CT molecular complexity index is 1030. The second-order valence-electron chi connectivity index (χ2n) is 6.70. The van der Waals surface area contributed by atoms with Gasteiger partial charge in [-0.05, 0) is 30.7 Å². The third kappa shape index (κ3) is 5.00. The predicted octanol–water partition coefficient (Wildman–Crippen LogP) is 4.81. The van der Waals surface area contributed by atoms with E-state index in [1.54, 1.807) is 12.1 Å². The standard InChI is InChI=1S/C20H20N4O4S/c1-12(2)19-22-20(28-23-19)16-6-4-5-13(3)18(16)21-17(25)11-29-15-9-7-14(8-10-15)24(26)27/h4-10,12H,11H2,1-3H3,(H,21,25). The Labute approximate surface area is 171 Å². The zero-order valence-corrected chi connectivity index (χ0v) is 17.0. The van der Waals surface area contributed by atoms with Crippen LogP contribution in [0.3, 0.4) is 0 Å². The molecule has 8 nitrogen and oxygen atoms in total. The maximum Gasteiger partial charge on any atom is 0.269 e. The zero-order valence-electron chi connectivity index (χ0n) is 16.2. The first-order valence-corrected chi connectivity index (χ1v) is 9.94. The van der Waals surface area contributed by atoms with Crippen molar-refractivity contribution in [3.05, 3.63) is 64.0 Å². The summed E-state index contributed by atoms with van der Waals surface area (Å²) in [6.07, 6.45) is 0. The van der Waals surface area contributed by atoms with Crippen LogP contribution in [-0.4, -0.2) is 26.7 Å². The number of amides is 1. The molecule has 1 aromatic heterocycles. The third-order valence-electron chi connectivity index (χ3n) is 4.14. The van der Waals surface area contributed by atoms with Crippen molar-refractivity contribution in [1.82, 2.24) is 10.1 Å². The lowest BCUT2D eigenvalue weighted by Gasteiger charge is -2.11. The second kappa shape index (κ2) is 8.87. The van der Waals surface area contributed by atoms with Crippen LogP contribution in [0.15, 0.2) is 51.9 Å². The summed E-state index contributed by atoms with van der Waals surface area (Å²) in [6, 6.07) is 11.7. The maximum absolute atomic E-state index is 12.5. The van der Waals surface area contributed by atoms with Gasteiger partial charge < -0.3 is 9.84 Å². The van der Waals surface area contributed by atoms with Crippen molar-refractivity contribution in [1.29, 1.82) is 0 Å². The molecule has 0 fully saturated rings. The fourth-order valence-corrected chi connectivity index (χ4v) is 3.28. The lowest BCUT2D eigenvalue weighted by Crippen LogP contribution is -2.15. The van der Waals surface area contributed by atoms with Gasteiger partial charge in [0, 0.05) is 22.9 Å². The molecule has 1 heterocycles. The molecule has 150 valence electrons. The van der Waals surface area contributed by atoms with Gasteiger partial charge in [0.25, 0.3) is 11.6 Å². The van der Waals surface area contributed by atoms with Gasteiger partial charge in [-0.25, -0.2) is 0 Å². The van der Waals surface area contributed by atoms with Gasteiger partial charge in [0.1, 0.15) is 0 Å². The number of benzene rings is 2. The molecular formula is C20H20N4O4S. The number of rotatable bonds is 7.